The van der Waals surface area contributed by atoms with Gasteiger partial charge in [0.05, 0.1) is 12.8 Å². The summed E-state index contributed by atoms with van der Waals surface area (Å²) in [6, 6.07) is 20.3. The topological polar surface area (TPSA) is 86.7 Å². The number of hydrogen-bond acceptors (Lipinski definition) is 6. The molecule has 34 heavy (non-hydrogen) atoms. The van der Waals surface area contributed by atoms with Crippen LogP contribution in [0.2, 0.25) is 0 Å². The Morgan fingerprint density at radius 1 is 0.735 bits per heavy atom. The summed E-state index contributed by atoms with van der Waals surface area (Å²) in [4.78, 5) is 50.1. The Hall–Kier alpha value is -3.10. The smallest absolute Gasteiger partial charge is 0.359 e. The highest BCUT2D eigenvalue weighted by Crippen LogP contribution is 2.25. The minimum atomic E-state index is -1.57. The average molecular weight is 588 g/mol. The van der Waals surface area contributed by atoms with Crippen LogP contribution in [0.4, 0.5) is 0 Å². The van der Waals surface area contributed by atoms with E-state index in [1.165, 1.54) is 19.1 Å². The van der Waals surface area contributed by atoms with Crippen molar-refractivity contribution in [2.24, 2.45) is 0 Å². The van der Waals surface area contributed by atoms with E-state index >= 15 is 0 Å². The first-order chi connectivity index (χ1) is 16.2. The number of ketones is 1. The second-order valence-electron chi connectivity index (χ2n) is 7.41. The third-order valence-electron chi connectivity index (χ3n) is 4.82. The molecule has 0 aliphatic heterocycles. The molecule has 0 saturated heterocycles. The normalized spacial score (nSPS) is 11.4. The molecule has 0 radical (unpaired) electrons. The lowest BCUT2D eigenvalue weighted by molar-refractivity contribution is -0.174. The van der Waals surface area contributed by atoms with Gasteiger partial charge in [-0.05, 0) is 42.3 Å². The molecule has 0 saturated carbocycles. The number of ether oxygens (including phenoxy) is 2. The number of carbonyl (C=O) groups is 4. The highest BCUT2D eigenvalue weighted by Gasteiger charge is 2.31. The fraction of sp³-hybridized carbons (Fsp3) is 0.154. The summed E-state index contributed by atoms with van der Waals surface area (Å²) in [6.45, 7) is 1.34. The molecular weight excluding hydrogens is 568 g/mol. The van der Waals surface area contributed by atoms with Crippen molar-refractivity contribution in [3.63, 3.8) is 0 Å². The number of Topliss-reactive ketones (excluding diaryl/α,β-unsaturated/α-hetero) is 1. The zero-order valence-corrected chi connectivity index (χ0v) is 21.3. The predicted molar refractivity (Wildman–Crippen MR) is 132 cm³/mol. The summed E-state index contributed by atoms with van der Waals surface area (Å²) in [6.07, 6.45) is -1.82. The van der Waals surface area contributed by atoms with Gasteiger partial charge in [0.1, 0.15) is 0 Å². The summed E-state index contributed by atoms with van der Waals surface area (Å²) in [5.74, 6) is -2.90. The zero-order valence-electron chi connectivity index (χ0n) is 18.1. The molecule has 174 valence electrons. The van der Waals surface area contributed by atoms with E-state index in [2.05, 4.69) is 31.9 Å². The highest BCUT2D eigenvalue weighted by atomic mass is 79.9. The van der Waals surface area contributed by atoms with Crippen LogP contribution in [0.5, 0.6) is 0 Å². The summed E-state index contributed by atoms with van der Waals surface area (Å²) >= 11 is 6.65. The van der Waals surface area contributed by atoms with Crippen molar-refractivity contribution in [3.05, 3.63) is 104 Å². The van der Waals surface area contributed by atoms with Crippen LogP contribution in [0.15, 0.2) is 81.7 Å². The molecule has 0 aliphatic rings. The molecular formula is C26H20Br2O6. The molecule has 3 rings (SSSR count). The summed E-state index contributed by atoms with van der Waals surface area (Å²) in [7, 11) is 0. The summed E-state index contributed by atoms with van der Waals surface area (Å²) < 4.78 is 12.2. The van der Waals surface area contributed by atoms with Crippen LogP contribution >= 0.6 is 31.9 Å². The minimum absolute atomic E-state index is 0.105. The molecule has 0 spiro atoms. The van der Waals surface area contributed by atoms with Gasteiger partial charge in [0, 0.05) is 20.1 Å². The molecule has 0 bridgehead atoms. The van der Waals surface area contributed by atoms with Crippen LogP contribution in [-0.4, -0.2) is 23.7 Å². The van der Waals surface area contributed by atoms with E-state index in [-0.39, 0.29) is 29.8 Å². The summed E-state index contributed by atoms with van der Waals surface area (Å²) in [5.41, 5.74) is 1.67. The third-order valence-corrected chi connectivity index (χ3v) is 5.88. The molecule has 0 fully saturated rings. The van der Waals surface area contributed by atoms with Crippen LogP contribution in [0.25, 0.3) is 0 Å². The lowest BCUT2D eigenvalue weighted by atomic mass is 9.99. The molecule has 1 atom stereocenters. The Bertz CT molecular complexity index is 1200. The standard InChI is InChI=1S/C26H20Br2O6/c1-16(29)21-4-2-3-5-22(21)25(33-23(30)14-17-6-10-19(27)11-7-17)26(32)34-24(31)15-18-8-12-20(28)13-9-18/h2-13,25H,14-15H2,1H3. The molecule has 8 heteroatoms. The van der Waals surface area contributed by atoms with Gasteiger partial charge in [-0.1, -0.05) is 80.4 Å². The number of hydrogen-bond donors (Lipinski definition) is 0. The Labute approximate surface area is 213 Å². The largest absolute Gasteiger partial charge is 0.445 e. The van der Waals surface area contributed by atoms with E-state index in [0.717, 1.165) is 8.95 Å². The molecule has 1 unspecified atom stereocenters. The van der Waals surface area contributed by atoms with Crippen molar-refractivity contribution >= 4 is 55.6 Å². The highest BCUT2D eigenvalue weighted by molar-refractivity contribution is 9.10. The number of halogens is 2. The van der Waals surface area contributed by atoms with Crippen molar-refractivity contribution in [3.8, 4) is 0 Å². The Balaban J connectivity index is 1.80. The van der Waals surface area contributed by atoms with Crippen molar-refractivity contribution < 1.29 is 28.7 Å². The van der Waals surface area contributed by atoms with Gasteiger partial charge >= 0.3 is 17.9 Å². The molecule has 0 amide bonds. The van der Waals surface area contributed by atoms with E-state index in [1.807, 2.05) is 0 Å². The molecule has 0 heterocycles. The number of rotatable bonds is 8. The van der Waals surface area contributed by atoms with Gasteiger partial charge in [0.15, 0.2) is 5.78 Å². The maximum absolute atomic E-state index is 13.0. The number of esters is 3. The molecule has 3 aromatic rings. The SMILES string of the molecule is CC(=O)c1ccccc1C(OC(=O)Cc1ccc(Br)cc1)C(=O)OC(=O)Cc1ccc(Br)cc1. The average Bonchev–Trinajstić information content (AvgIpc) is 2.80. The van der Waals surface area contributed by atoms with Gasteiger partial charge in [0.25, 0.3) is 0 Å². The van der Waals surface area contributed by atoms with Gasteiger partial charge in [-0.3, -0.25) is 14.4 Å². The van der Waals surface area contributed by atoms with Gasteiger partial charge in [0.2, 0.25) is 6.10 Å². The van der Waals surface area contributed by atoms with Crippen LogP contribution < -0.4 is 0 Å². The van der Waals surface area contributed by atoms with Crippen molar-refractivity contribution in [1.29, 1.82) is 0 Å². The van der Waals surface area contributed by atoms with Crippen LogP contribution in [0, 0.1) is 0 Å². The summed E-state index contributed by atoms with van der Waals surface area (Å²) in [5, 5.41) is 0. The van der Waals surface area contributed by atoms with E-state index in [0.29, 0.717) is 11.1 Å². The molecule has 0 N–H and O–H groups in total. The lowest BCUT2D eigenvalue weighted by Gasteiger charge is -2.19. The van der Waals surface area contributed by atoms with Crippen LogP contribution in [0.3, 0.4) is 0 Å². The van der Waals surface area contributed by atoms with E-state index in [1.54, 1.807) is 60.7 Å². The minimum Gasteiger partial charge on any atom is -0.445 e. The van der Waals surface area contributed by atoms with E-state index in [9.17, 15) is 19.2 Å². The zero-order chi connectivity index (χ0) is 24.7. The molecule has 0 aromatic heterocycles. The fourth-order valence-corrected chi connectivity index (χ4v) is 3.73. The van der Waals surface area contributed by atoms with E-state index < -0.39 is 24.0 Å². The van der Waals surface area contributed by atoms with Gasteiger partial charge < -0.3 is 9.47 Å². The van der Waals surface area contributed by atoms with Gasteiger partial charge in [-0.25, -0.2) is 4.79 Å². The molecule has 3 aromatic carbocycles. The first kappa shape index (κ1) is 25.5. The maximum Gasteiger partial charge on any atom is 0.359 e. The fourth-order valence-electron chi connectivity index (χ4n) is 3.20. The lowest BCUT2D eigenvalue weighted by Crippen LogP contribution is -2.27. The Kier molecular flexibility index (Phi) is 8.90. The Morgan fingerprint density at radius 2 is 1.24 bits per heavy atom. The second kappa shape index (κ2) is 11.9. The van der Waals surface area contributed by atoms with Gasteiger partial charge in [-0.2, -0.15) is 0 Å². The van der Waals surface area contributed by atoms with E-state index in [4.69, 9.17) is 9.47 Å². The predicted octanol–water partition coefficient (Wildman–Crippen LogP) is 5.55. The third kappa shape index (κ3) is 7.20. The van der Waals surface area contributed by atoms with Crippen LogP contribution in [0.1, 0.15) is 40.1 Å². The number of benzene rings is 3. The van der Waals surface area contributed by atoms with Gasteiger partial charge in [-0.15, -0.1) is 0 Å². The number of carbonyl (C=O) groups excluding carboxylic acids is 4. The maximum atomic E-state index is 13.0. The molecule has 6 nitrogen and oxygen atoms in total. The first-order valence-electron chi connectivity index (χ1n) is 10.3. The van der Waals surface area contributed by atoms with Crippen molar-refractivity contribution in [2.45, 2.75) is 25.9 Å². The quantitative estimate of drug-likeness (QED) is 0.195. The van der Waals surface area contributed by atoms with Crippen molar-refractivity contribution in [1.82, 2.24) is 0 Å². The monoisotopic (exact) mass is 586 g/mol. The first-order valence-corrected chi connectivity index (χ1v) is 11.8. The second-order valence-corrected chi connectivity index (χ2v) is 9.24. The van der Waals surface area contributed by atoms with Crippen LogP contribution in [-0.2, 0) is 36.7 Å². The Morgan fingerprint density at radius 3 is 1.76 bits per heavy atom. The molecule has 0 aliphatic carbocycles. The van der Waals surface area contributed by atoms with Crippen molar-refractivity contribution in [2.75, 3.05) is 0 Å².